The summed E-state index contributed by atoms with van der Waals surface area (Å²) in [6.07, 6.45) is 0.763. The van der Waals surface area contributed by atoms with Crippen molar-refractivity contribution < 1.29 is 4.74 Å². The molecule has 3 heterocycles. The third kappa shape index (κ3) is 6.72. The van der Waals surface area contributed by atoms with E-state index in [1.165, 1.54) is 32.9 Å². The zero-order valence-electron chi connectivity index (χ0n) is 25.6. The van der Waals surface area contributed by atoms with Gasteiger partial charge in [0.25, 0.3) is 0 Å². The molecule has 3 aromatic heterocycles. The number of pyridine rings is 1. The maximum Gasteiger partial charge on any atom is 0.203 e. The first-order valence-electron chi connectivity index (χ1n) is 14.6. The third-order valence-electron chi connectivity index (χ3n) is 7.43. The number of aromatic nitrogens is 4. The number of halogens is 1. The molecule has 44 heavy (non-hydrogen) atoms. The van der Waals surface area contributed by atoms with Crippen LogP contribution in [0.25, 0.3) is 21.8 Å². The number of ether oxygens (including phenoxy) is 1. The van der Waals surface area contributed by atoms with E-state index in [2.05, 4.69) is 91.8 Å². The largest absolute Gasteiger partial charge is 0.487 e. The van der Waals surface area contributed by atoms with Gasteiger partial charge < -0.3 is 15.0 Å². The van der Waals surface area contributed by atoms with E-state index in [4.69, 9.17) is 27.1 Å². The molecule has 0 spiro atoms. The number of para-hydroxylation sites is 1. The lowest BCUT2D eigenvalue weighted by atomic mass is 9.88. The number of thioether (sulfide) groups is 1. The Kier molecular flexibility index (Phi) is 8.35. The van der Waals surface area contributed by atoms with Gasteiger partial charge in [0.2, 0.25) is 5.13 Å². The molecule has 6 nitrogen and oxygen atoms in total. The highest BCUT2D eigenvalue weighted by Crippen LogP contribution is 2.45. The van der Waals surface area contributed by atoms with Gasteiger partial charge in [-0.15, -0.1) is 22.0 Å². The fourth-order valence-electron chi connectivity index (χ4n) is 5.34. The van der Waals surface area contributed by atoms with Crippen LogP contribution < -0.4 is 10.5 Å². The summed E-state index contributed by atoms with van der Waals surface area (Å²) >= 11 is 9.59. The number of anilines is 1. The van der Waals surface area contributed by atoms with E-state index >= 15 is 0 Å². The van der Waals surface area contributed by atoms with Crippen molar-refractivity contribution in [2.45, 2.75) is 69.2 Å². The molecule has 0 saturated heterocycles. The van der Waals surface area contributed by atoms with Crippen molar-refractivity contribution in [3.8, 4) is 5.75 Å². The highest BCUT2D eigenvalue weighted by Gasteiger charge is 2.31. The van der Waals surface area contributed by atoms with Crippen molar-refractivity contribution in [3.63, 3.8) is 0 Å². The van der Waals surface area contributed by atoms with Crippen LogP contribution in [0, 0.1) is 0 Å². The first kappa shape index (κ1) is 30.4. The molecule has 0 aliphatic carbocycles. The van der Waals surface area contributed by atoms with Gasteiger partial charge in [0.05, 0.1) is 11.2 Å². The number of nitrogens with zero attached hydrogens (tertiary/aromatic N) is 4. The van der Waals surface area contributed by atoms with Crippen molar-refractivity contribution in [1.82, 2.24) is 19.7 Å². The van der Waals surface area contributed by atoms with E-state index in [9.17, 15) is 0 Å². The molecular formula is C35H36ClN5OS2. The molecule has 2 N–H and O–H groups in total. The monoisotopic (exact) mass is 641 g/mol. The van der Waals surface area contributed by atoms with E-state index in [0.29, 0.717) is 18.3 Å². The van der Waals surface area contributed by atoms with Gasteiger partial charge in [-0.1, -0.05) is 94.0 Å². The molecule has 0 aliphatic rings. The predicted molar refractivity (Wildman–Crippen MR) is 185 cm³/mol. The van der Waals surface area contributed by atoms with Gasteiger partial charge in [0.1, 0.15) is 17.4 Å². The fourth-order valence-corrected chi connectivity index (χ4v) is 7.36. The number of rotatable bonds is 9. The summed E-state index contributed by atoms with van der Waals surface area (Å²) in [7, 11) is 0. The summed E-state index contributed by atoms with van der Waals surface area (Å²) in [5.41, 5.74) is 11.2. The van der Waals surface area contributed by atoms with Crippen molar-refractivity contribution in [2.24, 2.45) is 0 Å². The lowest BCUT2D eigenvalue weighted by Gasteiger charge is -2.25. The Morgan fingerprint density at radius 1 is 0.932 bits per heavy atom. The van der Waals surface area contributed by atoms with Crippen LogP contribution in [0.2, 0.25) is 5.02 Å². The zero-order valence-corrected chi connectivity index (χ0v) is 28.0. The Labute approximate surface area is 271 Å². The number of nitrogen functional groups attached to an aromatic ring is 1. The molecule has 0 aliphatic heterocycles. The van der Waals surface area contributed by atoms with Crippen LogP contribution in [0.15, 0.2) is 83.8 Å². The Morgan fingerprint density at radius 2 is 1.70 bits per heavy atom. The topological polar surface area (TPSA) is 78.8 Å². The zero-order chi connectivity index (χ0) is 31.1. The van der Waals surface area contributed by atoms with E-state index in [1.807, 2.05) is 48.2 Å². The first-order valence-corrected chi connectivity index (χ1v) is 16.6. The normalized spacial score (nSPS) is 12.3. The van der Waals surface area contributed by atoms with Crippen LogP contribution in [0.4, 0.5) is 5.13 Å². The maximum atomic E-state index is 6.36. The number of hydrogen-bond acceptors (Lipinski definition) is 7. The minimum Gasteiger partial charge on any atom is -0.487 e. The van der Waals surface area contributed by atoms with Crippen molar-refractivity contribution >= 4 is 61.6 Å². The molecule has 6 rings (SSSR count). The second-order valence-electron chi connectivity index (χ2n) is 12.7. The van der Waals surface area contributed by atoms with Crippen LogP contribution in [0.3, 0.4) is 0 Å². The highest BCUT2D eigenvalue weighted by molar-refractivity contribution is 8.00. The fraction of sp³-hybridized carbons (Fsp3) is 0.286. The van der Waals surface area contributed by atoms with Crippen LogP contribution in [0.1, 0.15) is 56.6 Å². The molecule has 226 valence electrons. The van der Waals surface area contributed by atoms with Crippen molar-refractivity contribution in [1.29, 1.82) is 0 Å². The number of fused-ring (bicyclic) bond motifs is 2. The van der Waals surface area contributed by atoms with Gasteiger partial charge in [-0.3, -0.25) is 0 Å². The maximum absolute atomic E-state index is 6.36. The summed E-state index contributed by atoms with van der Waals surface area (Å²) in [5.74, 6) is 0.814. The second kappa shape index (κ2) is 12.1. The van der Waals surface area contributed by atoms with Crippen molar-refractivity contribution in [2.75, 3.05) is 5.73 Å². The average Bonchev–Trinajstić information content (AvgIpc) is 3.54. The molecule has 0 saturated carbocycles. The molecule has 0 fully saturated rings. The molecule has 6 aromatic rings. The highest BCUT2D eigenvalue weighted by atomic mass is 35.5. The van der Waals surface area contributed by atoms with E-state index < -0.39 is 0 Å². The second-order valence-corrected chi connectivity index (χ2v) is 16.0. The first-order chi connectivity index (χ1) is 20.9. The molecule has 0 unspecified atom stereocenters. The van der Waals surface area contributed by atoms with Crippen LogP contribution in [-0.2, 0) is 25.0 Å². The van der Waals surface area contributed by atoms with E-state index in [0.717, 1.165) is 44.3 Å². The van der Waals surface area contributed by atoms with E-state index in [1.54, 1.807) is 0 Å². The van der Waals surface area contributed by atoms with Crippen LogP contribution >= 0.6 is 34.7 Å². The van der Waals surface area contributed by atoms with Gasteiger partial charge in [-0.2, -0.15) is 0 Å². The average molecular weight is 642 g/mol. The SMILES string of the molecule is CC(C)(C)Sc1c(CC(C)(C)c2nnc(N)s2)n(Cc2ccc(Cl)cc2)c2ccc(OCc3ccc4ccccc4n3)cc12. The molecule has 3 aromatic carbocycles. The molecule has 0 atom stereocenters. The third-order valence-corrected chi connectivity index (χ3v) is 10.1. The lowest BCUT2D eigenvalue weighted by Crippen LogP contribution is -2.23. The Morgan fingerprint density at radius 3 is 2.43 bits per heavy atom. The van der Waals surface area contributed by atoms with Gasteiger partial charge in [-0.25, -0.2) is 4.98 Å². The molecule has 0 amide bonds. The summed E-state index contributed by atoms with van der Waals surface area (Å²) in [6.45, 7) is 12.3. The van der Waals surface area contributed by atoms with Gasteiger partial charge in [-0.05, 0) is 48.0 Å². The smallest absolute Gasteiger partial charge is 0.203 e. The molecule has 0 radical (unpaired) electrons. The summed E-state index contributed by atoms with van der Waals surface area (Å²) in [5, 5.41) is 13.0. The van der Waals surface area contributed by atoms with Gasteiger partial charge in [0.15, 0.2) is 0 Å². The summed E-state index contributed by atoms with van der Waals surface area (Å²) in [6, 6.07) is 26.8. The van der Waals surface area contributed by atoms with Crippen LogP contribution in [-0.4, -0.2) is 24.5 Å². The molecule has 0 bridgehead atoms. The Bertz CT molecular complexity index is 1940. The van der Waals surface area contributed by atoms with Crippen LogP contribution in [0.5, 0.6) is 5.75 Å². The molecular weight excluding hydrogens is 606 g/mol. The van der Waals surface area contributed by atoms with Crippen molar-refractivity contribution in [3.05, 3.63) is 106 Å². The lowest BCUT2D eigenvalue weighted by molar-refractivity contribution is 0.302. The summed E-state index contributed by atoms with van der Waals surface area (Å²) < 4.78 is 8.78. The van der Waals surface area contributed by atoms with Gasteiger partial charge in [0, 0.05) is 55.0 Å². The predicted octanol–water partition coefficient (Wildman–Crippen LogP) is 9.31. The molecule has 9 heteroatoms. The Balaban J connectivity index is 1.43. The quantitative estimate of drug-likeness (QED) is 0.159. The van der Waals surface area contributed by atoms with E-state index in [-0.39, 0.29) is 10.2 Å². The number of benzene rings is 3. The van der Waals surface area contributed by atoms with Gasteiger partial charge >= 0.3 is 0 Å². The standard InChI is InChI=1S/C35H36ClN5OS2/c1-34(2,3)44-31-27-18-26(42-21-25-15-12-23-8-6-7-9-28(23)38-25)16-17-29(27)41(20-22-10-13-24(36)14-11-22)30(31)19-35(4,5)32-39-40-33(37)43-32/h6-18H,19-21H2,1-5H3,(H2,37,40). The number of nitrogens with two attached hydrogens (primary N) is 1. The minimum absolute atomic E-state index is 0.0165. The Hall–Kier alpha value is -3.59. The minimum atomic E-state index is -0.282. The number of hydrogen-bond donors (Lipinski definition) is 1. The summed E-state index contributed by atoms with van der Waals surface area (Å²) in [4.78, 5) is 6.05.